The summed E-state index contributed by atoms with van der Waals surface area (Å²) >= 11 is 0. The van der Waals surface area contributed by atoms with Crippen molar-refractivity contribution in [2.75, 3.05) is 13.1 Å². The van der Waals surface area contributed by atoms with Crippen LogP contribution in [0.5, 0.6) is 0 Å². The highest BCUT2D eigenvalue weighted by Crippen LogP contribution is 2.27. The van der Waals surface area contributed by atoms with Gasteiger partial charge in [-0.2, -0.15) is 10.2 Å². The summed E-state index contributed by atoms with van der Waals surface area (Å²) in [6.45, 7) is 19.9. The van der Waals surface area contributed by atoms with Crippen molar-refractivity contribution in [2.24, 2.45) is 32.9 Å². The van der Waals surface area contributed by atoms with E-state index in [1.165, 1.54) is 12.8 Å². The zero-order valence-electron chi connectivity index (χ0n) is 13.9. The SMILES string of the molecule is CC(C)CC(C)(C)C/N=N/CC(C)(C)CC(C)C. The van der Waals surface area contributed by atoms with Gasteiger partial charge in [0.1, 0.15) is 0 Å². The van der Waals surface area contributed by atoms with Crippen LogP contribution in [0.15, 0.2) is 10.2 Å². The molecule has 0 unspecified atom stereocenters. The van der Waals surface area contributed by atoms with Gasteiger partial charge < -0.3 is 0 Å². The van der Waals surface area contributed by atoms with Gasteiger partial charge in [-0.3, -0.25) is 0 Å². The largest absolute Gasteiger partial charge is 0.194 e. The Balaban J connectivity index is 4.10. The Hall–Kier alpha value is -0.400. The number of azo groups is 1. The lowest BCUT2D eigenvalue weighted by Crippen LogP contribution is -2.20. The maximum absolute atomic E-state index is 4.41. The van der Waals surface area contributed by atoms with Gasteiger partial charge in [0.15, 0.2) is 0 Å². The maximum Gasteiger partial charge on any atom is 0.0650 e. The standard InChI is InChI=1S/C16H34N2/c1-13(2)9-15(5,6)11-17-18-12-16(7,8)10-14(3)4/h13-14H,9-12H2,1-8H3/b18-17+. The van der Waals surface area contributed by atoms with Gasteiger partial charge in [-0.15, -0.1) is 0 Å². The Morgan fingerprint density at radius 3 is 1.17 bits per heavy atom. The third-order valence-electron chi connectivity index (χ3n) is 3.02. The summed E-state index contributed by atoms with van der Waals surface area (Å²) in [4.78, 5) is 0. The molecule has 0 bridgehead atoms. The van der Waals surface area contributed by atoms with Crippen molar-refractivity contribution >= 4 is 0 Å². The molecule has 0 aromatic heterocycles. The molecule has 0 saturated heterocycles. The molecule has 0 aromatic carbocycles. The van der Waals surface area contributed by atoms with Gasteiger partial charge in [-0.05, 0) is 35.5 Å². The van der Waals surface area contributed by atoms with Crippen LogP contribution in [-0.2, 0) is 0 Å². The van der Waals surface area contributed by atoms with E-state index in [2.05, 4.69) is 65.6 Å². The first-order valence-corrected chi connectivity index (χ1v) is 7.37. The van der Waals surface area contributed by atoms with Crippen molar-refractivity contribution in [1.29, 1.82) is 0 Å². The number of hydrogen-bond donors (Lipinski definition) is 0. The van der Waals surface area contributed by atoms with E-state index in [0.717, 1.165) is 24.9 Å². The summed E-state index contributed by atoms with van der Waals surface area (Å²) < 4.78 is 0. The van der Waals surface area contributed by atoms with E-state index in [0.29, 0.717) is 0 Å². The van der Waals surface area contributed by atoms with Crippen molar-refractivity contribution in [1.82, 2.24) is 0 Å². The summed E-state index contributed by atoms with van der Waals surface area (Å²) in [5, 5.41) is 8.83. The van der Waals surface area contributed by atoms with E-state index in [1.54, 1.807) is 0 Å². The molecule has 0 saturated carbocycles. The fraction of sp³-hybridized carbons (Fsp3) is 1.00. The van der Waals surface area contributed by atoms with E-state index in [1.807, 2.05) is 0 Å². The summed E-state index contributed by atoms with van der Waals surface area (Å²) in [6.07, 6.45) is 2.42. The van der Waals surface area contributed by atoms with Gasteiger partial charge in [-0.25, -0.2) is 0 Å². The van der Waals surface area contributed by atoms with Crippen LogP contribution in [0.25, 0.3) is 0 Å². The van der Waals surface area contributed by atoms with Crippen molar-refractivity contribution < 1.29 is 0 Å². The molecule has 18 heavy (non-hydrogen) atoms. The minimum atomic E-state index is 0.278. The fourth-order valence-electron chi connectivity index (χ4n) is 2.82. The van der Waals surface area contributed by atoms with E-state index < -0.39 is 0 Å². The first kappa shape index (κ1) is 17.6. The van der Waals surface area contributed by atoms with Crippen LogP contribution in [0.4, 0.5) is 0 Å². The maximum atomic E-state index is 4.41. The number of nitrogens with zero attached hydrogens (tertiary/aromatic N) is 2. The second kappa shape index (κ2) is 7.25. The predicted octanol–water partition coefficient (Wildman–Crippen LogP) is 5.58. The molecule has 0 N–H and O–H groups in total. The molecule has 0 spiro atoms. The third kappa shape index (κ3) is 9.61. The van der Waals surface area contributed by atoms with Crippen molar-refractivity contribution in [3.63, 3.8) is 0 Å². The molecule has 0 amide bonds. The molecule has 2 heteroatoms. The lowest BCUT2D eigenvalue weighted by Gasteiger charge is -2.25. The van der Waals surface area contributed by atoms with E-state index in [4.69, 9.17) is 0 Å². The Morgan fingerprint density at radius 2 is 0.944 bits per heavy atom. The lowest BCUT2D eigenvalue weighted by atomic mass is 9.84. The summed E-state index contributed by atoms with van der Waals surface area (Å²) in [5.74, 6) is 1.46. The zero-order valence-corrected chi connectivity index (χ0v) is 13.9. The molecule has 0 rings (SSSR count). The van der Waals surface area contributed by atoms with Crippen LogP contribution >= 0.6 is 0 Å². The molecular formula is C16H34N2. The molecule has 0 aliphatic rings. The van der Waals surface area contributed by atoms with Crippen LogP contribution in [0.3, 0.4) is 0 Å². The molecule has 0 aliphatic heterocycles. The molecule has 108 valence electrons. The van der Waals surface area contributed by atoms with E-state index in [9.17, 15) is 0 Å². The summed E-state index contributed by atoms with van der Waals surface area (Å²) in [6, 6.07) is 0. The zero-order chi connectivity index (χ0) is 14.4. The fourth-order valence-corrected chi connectivity index (χ4v) is 2.82. The highest BCUT2D eigenvalue weighted by atomic mass is 15.1. The van der Waals surface area contributed by atoms with Crippen molar-refractivity contribution in [2.45, 2.75) is 68.2 Å². The average Bonchev–Trinajstić information content (AvgIpc) is 2.08. The van der Waals surface area contributed by atoms with Gasteiger partial charge in [0.25, 0.3) is 0 Å². The topological polar surface area (TPSA) is 24.7 Å². The molecule has 0 aromatic rings. The monoisotopic (exact) mass is 254 g/mol. The molecular weight excluding hydrogens is 220 g/mol. The number of hydrogen-bond acceptors (Lipinski definition) is 2. The van der Waals surface area contributed by atoms with Gasteiger partial charge in [0.05, 0.1) is 13.1 Å². The molecule has 2 nitrogen and oxygen atoms in total. The third-order valence-corrected chi connectivity index (χ3v) is 3.02. The molecule has 0 fully saturated rings. The Bertz CT molecular complexity index is 224. The Labute approximate surface area is 115 Å². The summed E-state index contributed by atoms with van der Waals surface area (Å²) in [7, 11) is 0. The van der Waals surface area contributed by atoms with Gasteiger partial charge in [-0.1, -0.05) is 55.4 Å². The van der Waals surface area contributed by atoms with Crippen LogP contribution < -0.4 is 0 Å². The van der Waals surface area contributed by atoms with Crippen LogP contribution in [0.1, 0.15) is 68.2 Å². The Morgan fingerprint density at radius 1 is 0.667 bits per heavy atom. The smallest absolute Gasteiger partial charge is 0.0650 e. The minimum Gasteiger partial charge on any atom is -0.194 e. The lowest BCUT2D eigenvalue weighted by molar-refractivity contribution is 0.277. The van der Waals surface area contributed by atoms with Gasteiger partial charge in [0, 0.05) is 0 Å². The van der Waals surface area contributed by atoms with E-state index >= 15 is 0 Å². The second-order valence-corrected chi connectivity index (χ2v) is 8.12. The highest BCUT2D eigenvalue weighted by molar-refractivity contribution is 4.74. The minimum absolute atomic E-state index is 0.278. The van der Waals surface area contributed by atoms with Gasteiger partial charge in [0.2, 0.25) is 0 Å². The number of rotatable bonds is 8. The molecule has 0 atom stereocenters. The highest BCUT2D eigenvalue weighted by Gasteiger charge is 2.21. The van der Waals surface area contributed by atoms with E-state index in [-0.39, 0.29) is 10.8 Å². The second-order valence-electron chi connectivity index (χ2n) is 8.12. The van der Waals surface area contributed by atoms with Crippen LogP contribution in [-0.4, -0.2) is 13.1 Å². The Kier molecular flexibility index (Phi) is 7.09. The van der Waals surface area contributed by atoms with Crippen LogP contribution in [0, 0.1) is 22.7 Å². The van der Waals surface area contributed by atoms with Crippen molar-refractivity contribution in [3.05, 3.63) is 0 Å². The average molecular weight is 254 g/mol. The van der Waals surface area contributed by atoms with Gasteiger partial charge >= 0.3 is 0 Å². The first-order valence-electron chi connectivity index (χ1n) is 7.37. The first-order chi connectivity index (χ1) is 8.04. The predicted molar refractivity (Wildman–Crippen MR) is 81.1 cm³/mol. The van der Waals surface area contributed by atoms with Crippen LogP contribution in [0.2, 0.25) is 0 Å². The summed E-state index contributed by atoms with van der Waals surface area (Å²) in [5.41, 5.74) is 0.555. The quantitative estimate of drug-likeness (QED) is 0.505. The molecule has 0 aliphatic carbocycles. The molecule has 0 heterocycles. The normalized spacial score (nSPS) is 14.1. The molecule has 0 radical (unpaired) electrons. The van der Waals surface area contributed by atoms with Crippen molar-refractivity contribution in [3.8, 4) is 0 Å².